The van der Waals surface area contributed by atoms with Gasteiger partial charge in [0, 0.05) is 32.5 Å². The number of carboxylic acids is 1. The summed E-state index contributed by atoms with van der Waals surface area (Å²) in [6.45, 7) is 3.72. The van der Waals surface area contributed by atoms with Crippen LogP contribution < -0.4 is 5.32 Å². The van der Waals surface area contributed by atoms with E-state index in [2.05, 4.69) is 17.2 Å². The Morgan fingerprint density at radius 1 is 1.50 bits per heavy atom. The van der Waals surface area contributed by atoms with Crippen molar-refractivity contribution in [2.24, 2.45) is 5.92 Å². The average molecular weight is 252 g/mol. The van der Waals surface area contributed by atoms with Crippen molar-refractivity contribution in [3.8, 4) is 11.8 Å². The molecular formula is C13H20N2O3. The fourth-order valence-corrected chi connectivity index (χ4v) is 2.05. The topological polar surface area (TPSA) is 69.6 Å². The van der Waals surface area contributed by atoms with Gasteiger partial charge < -0.3 is 15.3 Å². The Kier molecular flexibility index (Phi) is 6.06. The van der Waals surface area contributed by atoms with Crippen molar-refractivity contribution in [3.63, 3.8) is 0 Å². The summed E-state index contributed by atoms with van der Waals surface area (Å²) in [5.41, 5.74) is 0. The van der Waals surface area contributed by atoms with Crippen LogP contribution in [0.5, 0.6) is 0 Å². The van der Waals surface area contributed by atoms with Gasteiger partial charge in [0.2, 0.25) is 0 Å². The number of nitrogens with zero attached hydrogens (tertiary/aromatic N) is 1. The third-order valence-electron chi connectivity index (χ3n) is 3.04. The molecule has 0 spiro atoms. The average Bonchev–Trinajstić information content (AvgIpc) is 2.80. The third-order valence-corrected chi connectivity index (χ3v) is 3.04. The quantitative estimate of drug-likeness (QED) is 0.572. The number of carbonyl (C=O) groups is 2. The summed E-state index contributed by atoms with van der Waals surface area (Å²) in [5.74, 6) is 5.22. The minimum absolute atomic E-state index is 0.0641. The second-order valence-corrected chi connectivity index (χ2v) is 4.44. The molecule has 1 aliphatic rings. The largest absolute Gasteiger partial charge is 0.481 e. The molecule has 5 heteroatoms. The van der Waals surface area contributed by atoms with E-state index in [4.69, 9.17) is 5.11 Å². The fraction of sp³-hybridized carbons (Fsp3) is 0.692. The molecule has 5 nitrogen and oxygen atoms in total. The molecule has 0 aromatic carbocycles. The highest BCUT2D eigenvalue weighted by Crippen LogP contribution is 2.20. The molecule has 1 heterocycles. The smallest absolute Gasteiger partial charge is 0.317 e. The molecule has 18 heavy (non-hydrogen) atoms. The molecule has 1 unspecified atom stereocenters. The maximum Gasteiger partial charge on any atom is 0.317 e. The molecule has 0 bridgehead atoms. The molecule has 1 aliphatic heterocycles. The number of hydrogen-bond donors (Lipinski definition) is 2. The number of rotatable bonds is 5. The van der Waals surface area contributed by atoms with Crippen LogP contribution >= 0.6 is 0 Å². The Bertz CT molecular complexity index is 357. The van der Waals surface area contributed by atoms with Crippen molar-refractivity contribution in [3.05, 3.63) is 0 Å². The molecule has 0 aromatic heterocycles. The third kappa shape index (κ3) is 5.09. The monoisotopic (exact) mass is 252 g/mol. The van der Waals surface area contributed by atoms with Gasteiger partial charge in [-0.15, -0.1) is 11.8 Å². The number of aliphatic carboxylic acids is 1. The predicted octanol–water partition coefficient (Wildman–Crippen LogP) is 1.30. The fourth-order valence-electron chi connectivity index (χ4n) is 2.05. The van der Waals surface area contributed by atoms with E-state index in [1.54, 1.807) is 11.8 Å². The summed E-state index contributed by atoms with van der Waals surface area (Å²) in [6.07, 6.45) is 2.40. The van der Waals surface area contributed by atoms with Crippen LogP contribution in [0.4, 0.5) is 4.79 Å². The van der Waals surface area contributed by atoms with Crippen LogP contribution in [0.2, 0.25) is 0 Å². The number of carboxylic acid groups (broad SMARTS) is 1. The van der Waals surface area contributed by atoms with Crippen molar-refractivity contribution in [2.45, 2.75) is 32.6 Å². The van der Waals surface area contributed by atoms with Crippen LogP contribution in [-0.4, -0.2) is 41.6 Å². The zero-order valence-electron chi connectivity index (χ0n) is 10.7. The number of hydrogen-bond acceptors (Lipinski definition) is 2. The summed E-state index contributed by atoms with van der Waals surface area (Å²) in [6, 6.07) is -0.0641. The van der Waals surface area contributed by atoms with Crippen molar-refractivity contribution < 1.29 is 14.7 Å². The van der Waals surface area contributed by atoms with Crippen LogP contribution in [0.3, 0.4) is 0 Å². The highest BCUT2D eigenvalue weighted by molar-refractivity contribution is 5.74. The highest BCUT2D eigenvalue weighted by Gasteiger charge is 2.26. The van der Waals surface area contributed by atoms with Crippen molar-refractivity contribution >= 4 is 12.0 Å². The Labute approximate surface area is 108 Å². The Morgan fingerprint density at radius 2 is 2.28 bits per heavy atom. The Morgan fingerprint density at radius 3 is 2.94 bits per heavy atom. The normalized spacial score (nSPS) is 18.1. The van der Waals surface area contributed by atoms with Gasteiger partial charge in [0.15, 0.2) is 0 Å². The number of likely N-dealkylation sites (tertiary alicyclic amines) is 1. The van der Waals surface area contributed by atoms with E-state index < -0.39 is 5.97 Å². The van der Waals surface area contributed by atoms with Gasteiger partial charge >= 0.3 is 12.0 Å². The summed E-state index contributed by atoms with van der Waals surface area (Å²) >= 11 is 0. The maximum atomic E-state index is 11.7. The summed E-state index contributed by atoms with van der Waals surface area (Å²) in [7, 11) is 0. The van der Waals surface area contributed by atoms with Crippen molar-refractivity contribution in [2.75, 3.05) is 19.6 Å². The number of carbonyl (C=O) groups excluding carboxylic acids is 1. The van der Waals surface area contributed by atoms with Crippen LogP contribution in [0.25, 0.3) is 0 Å². The molecule has 0 radical (unpaired) electrons. The molecule has 1 rings (SSSR count). The summed E-state index contributed by atoms with van der Waals surface area (Å²) in [5, 5.41) is 11.4. The van der Waals surface area contributed by atoms with Gasteiger partial charge in [-0.25, -0.2) is 4.79 Å². The molecule has 2 N–H and O–H groups in total. The molecular weight excluding hydrogens is 232 g/mol. The molecule has 0 aromatic rings. The van der Waals surface area contributed by atoms with Gasteiger partial charge in [-0.3, -0.25) is 4.79 Å². The summed E-state index contributed by atoms with van der Waals surface area (Å²) < 4.78 is 0. The summed E-state index contributed by atoms with van der Waals surface area (Å²) in [4.78, 5) is 24.0. The van der Waals surface area contributed by atoms with Crippen LogP contribution in [0, 0.1) is 17.8 Å². The zero-order chi connectivity index (χ0) is 13.4. The first kappa shape index (κ1) is 14.4. The Hall–Kier alpha value is -1.70. The molecule has 1 fully saturated rings. The molecule has 0 aliphatic carbocycles. The van der Waals surface area contributed by atoms with Gasteiger partial charge in [0.25, 0.3) is 0 Å². The molecule has 1 saturated heterocycles. The van der Waals surface area contributed by atoms with Gasteiger partial charge in [-0.1, -0.05) is 0 Å². The van der Waals surface area contributed by atoms with E-state index in [0.29, 0.717) is 31.8 Å². The van der Waals surface area contributed by atoms with E-state index >= 15 is 0 Å². The number of amides is 2. The van der Waals surface area contributed by atoms with E-state index in [-0.39, 0.29) is 12.5 Å². The second-order valence-electron chi connectivity index (χ2n) is 4.44. The highest BCUT2D eigenvalue weighted by atomic mass is 16.4. The van der Waals surface area contributed by atoms with Crippen molar-refractivity contribution in [1.29, 1.82) is 0 Å². The first-order valence-electron chi connectivity index (χ1n) is 6.27. The first-order chi connectivity index (χ1) is 8.63. The Balaban J connectivity index is 2.21. The van der Waals surface area contributed by atoms with E-state index in [0.717, 1.165) is 13.0 Å². The van der Waals surface area contributed by atoms with Gasteiger partial charge in [0.1, 0.15) is 0 Å². The van der Waals surface area contributed by atoms with Gasteiger partial charge in [0.05, 0.1) is 0 Å². The second kappa shape index (κ2) is 7.59. The predicted molar refractivity (Wildman–Crippen MR) is 68.0 cm³/mol. The lowest BCUT2D eigenvalue weighted by atomic mass is 10.0. The van der Waals surface area contributed by atoms with E-state index in [1.807, 2.05) is 0 Å². The number of nitrogens with one attached hydrogen (secondary N) is 1. The van der Waals surface area contributed by atoms with Crippen LogP contribution in [0.1, 0.15) is 32.6 Å². The van der Waals surface area contributed by atoms with Crippen LogP contribution in [0.15, 0.2) is 0 Å². The zero-order valence-corrected chi connectivity index (χ0v) is 10.7. The van der Waals surface area contributed by atoms with E-state index in [1.165, 1.54) is 0 Å². The number of urea groups is 1. The maximum absolute atomic E-state index is 11.7. The molecule has 100 valence electrons. The van der Waals surface area contributed by atoms with E-state index in [9.17, 15) is 9.59 Å². The first-order valence-corrected chi connectivity index (χ1v) is 6.27. The van der Waals surface area contributed by atoms with Crippen molar-refractivity contribution in [1.82, 2.24) is 10.2 Å². The minimum atomic E-state index is -0.768. The molecule has 0 saturated carbocycles. The lowest BCUT2D eigenvalue weighted by molar-refractivity contribution is -0.137. The van der Waals surface area contributed by atoms with Gasteiger partial charge in [-0.2, -0.15) is 0 Å². The minimum Gasteiger partial charge on any atom is -0.481 e. The lowest BCUT2D eigenvalue weighted by Crippen LogP contribution is -2.38. The standard InChI is InChI=1S/C13H20N2O3/c1-2-3-4-8-14-13(18)15-9-7-11(10-15)5-6-12(16)17/h11H,4-10H2,1H3,(H,14,18)(H,16,17). The SMILES string of the molecule is CC#CCCNC(=O)N1CCC(CCC(=O)O)C1. The molecule has 2 amide bonds. The van der Waals surface area contributed by atoms with Gasteiger partial charge in [-0.05, 0) is 25.7 Å². The molecule has 1 atom stereocenters. The lowest BCUT2D eigenvalue weighted by Gasteiger charge is -2.16. The van der Waals surface area contributed by atoms with Crippen LogP contribution in [-0.2, 0) is 4.79 Å².